The number of aryl methyl sites for hydroxylation is 2. The molecular weight excluding hydrogens is 348 g/mol. The number of imidazole rings is 1. The SMILES string of the molecule is CCn1c(CN(C)c2nc(-c3ccccn3)nc(C)c2C)nc2ccccc21. The molecule has 0 atom stereocenters. The molecule has 142 valence electrons. The topological polar surface area (TPSA) is 59.7 Å². The van der Waals surface area contributed by atoms with E-state index in [2.05, 4.69) is 58.5 Å². The zero-order valence-electron chi connectivity index (χ0n) is 16.7. The Morgan fingerprint density at radius 1 is 0.964 bits per heavy atom. The molecule has 1 aromatic carbocycles. The molecule has 0 radical (unpaired) electrons. The molecule has 28 heavy (non-hydrogen) atoms. The number of anilines is 1. The van der Waals surface area contributed by atoms with Crippen molar-refractivity contribution in [1.29, 1.82) is 0 Å². The highest BCUT2D eigenvalue weighted by atomic mass is 15.2. The van der Waals surface area contributed by atoms with Crippen molar-refractivity contribution in [2.24, 2.45) is 0 Å². The lowest BCUT2D eigenvalue weighted by Gasteiger charge is -2.21. The number of rotatable bonds is 5. The summed E-state index contributed by atoms with van der Waals surface area (Å²) in [4.78, 5) is 20.9. The first-order valence-electron chi connectivity index (χ1n) is 9.50. The molecule has 0 aliphatic carbocycles. The Labute approximate surface area is 164 Å². The molecule has 0 amide bonds. The van der Waals surface area contributed by atoms with Crippen LogP contribution in [0.1, 0.15) is 24.0 Å². The van der Waals surface area contributed by atoms with Crippen molar-refractivity contribution in [3.05, 3.63) is 65.7 Å². The highest BCUT2D eigenvalue weighted by Gasteiger charge is 2.17. The molecule has 6 nitrogen and oxygen atoms in total. The van der Waals surface area contributed by atoms with E-state index in [0.29, 0.717) is 12.4 Å². The summed E-state index contributed by atoms with van der Waals surface area (Å²) in [6.45, 7) is 7.78. The minimum absolute atomic E-state index is 0.648. The largest absolute Gasteiger partial charge is 0.352 e. The molecule has 0 spiro atoms. The van der Waals surface area contributed by atoms with Crippen molar-refractivity contribution in [1.82, 2.24) is 24.5 Å². The van der Waals surface area contributed by atoms with Gasteiger partial charge in [0.05, 0.1) is 17.6 Å². The quantitative estimate of drug-likeness (QED) is 0.526. The van der Waals surface area contributed by atoms with Gasteiger partial charge < -0.3 is 9.47 Å². The van der Waals surface area contributed by atoms with Crippen molar-refractivity contribution in [2.45, 2.75) is 33.9 Å². The maximum Gasteiger partial charge on any atom is 0.180 e. The number of hydrogen-bond donors (Lipinski definition) is 0. The number of fused-ring (bicyclic) bond motifs is 1. The van der Waals surface area contributed by atoms with E-state index in [1.807, 2.05) is 31.2 Å². The summed E-state index contributed by atoms with van der Waals surface area (Å²) in [5, 5.41) is 0. The maximum absolute atomic E-state index is 4.85. The monoisotopic (exact) mass is 372 g/mol. The summed E-state index contributed by atoms with van der Waals surface area (Å²) < 4.78 is 2.26. The van der Waals surface area contributed by atoms with Crippen LogP contribution in [0.4, 0.5) is 5.82 Å². The van der Waals surface area contributed by atoms with E-state index in [4.69, 9.17) is 9.97 Å². The van der Waals surface area contributed by atoms with Gasteiger partial charge in [0, 0.05) is 31.0 Å². The Bertz CT molecular complexity index is 1120. The minimum Gasteiger partial charge on any atom is -0.352 e. The van der Waals surface area contributed by atoms with Crippen LogP contribution in [0.5, 0.6) is 0 Å². The van der Waals surface area contributed by atoms with Crippen molar-refractivity contribution in [3.8, 4) is 11.5 Å². The first kappa shape index (κ1) is 18.1. The van der Waals surface area contributed by atoms with Crippen LogP contribution in [-0.2, 0) is 13.1 Å². The molecule has 0 saturated carbocycles. The van der Waals surface area contributed by atoms with E-state index in [-0.39, 0.29) is 0 Å². The van der Waals surface area contributed by atoms with Gasteiger partial charge in [0.1, 0.15) is 17.3 Å². The molecule has 0 N–H and O–H groups in total. The molecule has 3 heterocycles. The highest BCUT2D eigenvalue weighted by molar-refractivity contribution is 5.76. The first-order valence-corrected chi connectivity index (χ1v) is 9.50. The number of para-hydroxylation sites is 2. The fourth-order valence-corrected chi connectivity index (χ4v) is 3.48. The van der Waals surface area contributed by atoms with Crippen LogP contribution in [0.2, 0.25) is 0 Å². The van der Waals surface area contributed by atoms with Gasteiger partial charge in [0.2, 0.25) is 0 Å². The number of aromatic nitrogens is 5. The summed E-state index contributed by atoms with van der Waals surface area (Å²) in [7, 11) is 2.05. The van der Waals surface area contributed by atoms with Crippen molar-refractivity contribution in [3.63, 3.8) is 0 Å². The molecule has 0 unspecified atom stereocenters. The third-order valence-corrected chi connectivity index (χ3v) is 5.05. The maximum atomic E-state index is 4.85. The lowest BCUT2D eigenvalue weighted by molar-refractivity contribution is 0.698. The second kappa shape index (κ2) is 7.38. The van der Waals surface area contributed by atoms with Crippen LogP contribution in [0.3, 0.4) is 0 Å². The number of benzene rings is 1. The highest BCUT2D eigenvalue weighted by Crippen LogP contribution is 2.25. The molecule has 0 aliphatic rings. The lowest BCUT2D eigenvalue weighted by Crippen LogP contribution is -2.22. The standard InChI is InChI=1S/C22H24N6/c1-5-28-19-12-7-6-10-17(19)25-20(28)14-27(4)22-15(2)16(3)24-21(26-22)18-11-8-9-13-23-18/h6-13H,5,14H2,1-4H3. The molecular formula is C22H24N6. The van der Waals surface area contributed by atoms with Gasteiger partial charge in [0.15, 0.2) is 5.82 Å². The lowest BCUT2D eigenvalue weighted by atomic mass is 10.2. The second-order valence-corrected chi connectivity index (χ2v) is 6.91. The van der Waals surface area contributed by atoms with Crippen molar-refractivity contribution in [2.75, 3.05) is 11.9 Å². The fraction of sp³-hybridized carbons (Fsp3) is 0.273. The molecule has 0 aliphatic heterocycles. The zero-order chi connectivity index (χ0) is 19.7. The van der Waals surface area contributed by atoms with Gasteiger partial charge in [-0.3, -0.25) is 4.98 Å². The van der Waals surface area contributed by atoms with E-state index in [9.17, 15) is 0 Å². The average molecular weight is 372 g/mol. The third-order valence-electron chi connectivity index (χ3n) is 5.05. The van der Waals surface area contributed by atoms with Gasteiger partial charge >= 0.3 is 0 Å². The summed E-state index contributed by atoms with van der Waals surface area (Å²) in [6, 6.07) is 14.0. The van der Waals surface area contributed by atoms with Crippen molar-refractivity contribution < 1.29 is 0 Å². The predicted octanol–water partition coefficient (Wildman–Crippen LogP) is 4.16. The van der Waals surface area contributed by atoms with E-state index >= 15 is 0 Å². The van der Waals surface area contributed by atoms with E-state index in [0.717, 1.165) is 46.2 Å². The van der Waals surface area contributed by atoms with E-state index < -0.39 is 0 Å². The second-order valence-electron chi connectivity index (χ2n) is 6.91. The number of nitrogens with zero attached hydrogens (tertiary/aromatic N) is 6. The Hall–Kier alpha value is -3.28. The molecule has 0 bridgehead atoms. The van der Waals surface area contributed by atoms with Crippen LogP contribution >= 0.6 is 0 Å². The Morgan fingerprint density at radius 3 is 2.50 bits per heavy atom. The summed E-state index contributed by atoms with van der Waals surface area (Å²) in [5.74, 6) is 2.58. The predicted molar refractivity (Wildman–Crippen MR) is 112 cm³/mol. The fourth-order valence-electron chi connectivity index (χ4n) is 3.48. The van der Waals surface area contributed by atoms with Gasteiger partial charge in [-0.05, 0) is 45.0 Å². The minimum atomic E-state index is 0.648. The molecule has 0 fully saturated rings. The first-order chi connectivity index (χ1) is 13.6. The Morgan fingerprint density at radius 2 is 1.75 bits per heavy atom. The molecule has 4 aromatic rings. The molecule has 3 aromatic heterocycles. The molecule has 6 heteroatoms. The summed E-state index contributed by atoms with van der Waals surface area (Å²) in [6.07, 6.45) is 1.76. The van der Waals surface area contributed by atoms with Gasteiger partial charge in [-0.25, -0.2) is 15.0 Å². The average Bonchev–Trinajstić information content (AvgIpc) is 3.07. The Kier molecular flexibility index (Phi) is 4.77. The van der Waals surface area contributed by atoms with Crippen LogP contribution in [-0.4, -0.2) is 31.6 Å². The van der Waals surface area contributed by atoms with Gasteiger partial charge in [-0.1, -0.05) is 18.2 Å². The van der Waals surface area contributed by atoms with Crippen molar-refractivity contribution >= 4 is 16.9 Å². The zero-order valence-corrected chi connectivity index (χ0v) is 16.7. The smallest absolute Gasteiger partial charge is 0.180 e. The van der Waals surface area contributed by atoms with E-state index in [1.54, 1.807) is 6.20 Å². The summed E-state index contributed by atoms with van der Waals surface area (Å²) >= 11 is 0. The van der Waals surface area contributed by atoms with Crippen LogP contribution in [0, 0.1) is 13.8 Å². The molecule has 0 saturated heterocycles. The third kappa shape index (κ3) is 3.22. The van der Waals surface area contributed by atoms with Crippen LogP contribution in [0.15, 0.2) is 48.7 Å². The molecule has 4 rings (SSSR count). The van der Waals surface area contributed by atoms with E-state index in [1.165, 1.54) is 0 Å². The van der Waals surface area contributed by atoms with Gasteiger partial charge in [-0.15, -0.1) is 0 Å². The summed E-state index contributed by atoms with van der Waals surface area (Å²) in [5.41, 5.74) is 5.00. The van der Waals surface area contributed by atoms with Gasteiger partial charge in [-0.2, -0.15) is 0 Å². The van der Waals surface area contributed by atoms with Crippen LogP contribution in [0.25, 0.3) is 22.6 Å². The Balaban J connectivity index is 1.72. The number of hydrogen-bond acceptors (Lipinski definition) is 5. The van der Waals surface area contributed by atoms with Gasteiger partial charge in [0.25, 0.3) is 0 Å². The normalized spacial score (nSPS) is 11.1. The van der Waals surface area contributed by atoms with Crippen LogP contribution < -0.4 is 4.90 Å². The number of pyridine rings is 1.